The summed E-state index contributed by atoms with van der Waals surface area (Å²) in [6.07, 6.45) is 3.34. The van der Waals surface area contributed by atoms with Crippen LogP contribution >= 0.6 is 35.3 Å². The summed E-state index contributed by atoms with van der Waals surface area (Å²) >= 11 is 1.79. The van der Waals surface area contributed by atoms with Crippen molar-refractivity contribution in [3.8, 4) is 0 Å². The molecule has 0 amide bonds. The fourth-order valence-electron chi connectivity index (χ4n) is 3.07. The molecule has 2 heterocycles. The first-order valence-electron chi connectivity index (χ1n) is 9.61. The Morgan fingerprint density at radius 3 is 2.75 bits per heavy atom. The van der Waals surface area contributed by atoms with Crippen LogP contribution in [0, 0.1) is 0 Å². The minimum absolute atomic E-state index is 0. The Morgan fingerprint density at radius 1 is 1.32 bits per heavy atom. The molecule has 0 aromatic carbocycles. The molecule has 7 nitrogen and oxygen atoms in total. The van der Waals surface area contributed by atoms with E-state index in [-0.39, 0.29) is 29.9 Å². The maximum Gasteiger partial charge on any atom is 0.305 e. The highest BCUT2D eigenvalue weighted by Gasteiger charge is 2.23. The van der Waals surface area contributed by atoms with Crippen molar-refractivity contribution in [1.29, 1.82) is 0 Å². The topological polar surface area (TPSA) is 75.2 Å². The van der Waals surface area contributed by atoms with E-state index in [2.05, 4.69) is 42.8 Å². The molecule has 0 saturated carbocycles. The van der Waals surface area contributed by atoms with Crippen LogP contribution in [0.3, 0.4) is 0 Å². The Labute approximate surface area is 189 Å². The van der Waals surface area contributed by atoms with Crippen LogP contribution in [0.4, 0.5) is 0 Å². The molecule has 2 rings (SSSR count). The number of aliphatic imine (C=N–C) groups is 1. The van der Waals surface area contributed by atoms with Crippen molar-refractivity contribution < 1.29 is 14.3 Å². The number of morpholine rings is 1. The van der Waals surface area contributed by atoms with E-state index < -0.39 is 0 Å². The number of nitrogens with zero attached hydrogens (tertiary/aromatic N) is 2. The van der Waals surface area contributed by atoms with E-state index in [1.807, 2.05) is 0 Å². The first kappa shape index (κ1) is 25.1. The van der Waals surface area contributed by atoms with Gasteiger partial charge in [0.05, 0.1) is 26.4 Å². The minimum atomic E-state index is -0.136. The Hall–Kier alpha value is -0.910. The summed E-state index contributed by atoms with van der Waals surface area (Å²) in [5.41, 5.74) is 0. The maximum absolute atomic E-state index is 11.1. The SMILES string of the molecule is CN=C(NCCCCCC(=O)OC)NCC(c1cccs1)N1CCOCC1.I. The third-order valence-electron chi connectivity index (χ3n) is 4.62. The van der Waals surface area contributed by atoms with Crippen LogP contribution in [0.15, 0.2) is 22.5 Å². The standard InChI is InChI=1S/C19H32N4O3S.HI/c1-20-19(21-9-5-3-4-8-18(24)25-2)22-15-16(17-7-6-14-27-17)23-10-12-26-13-11-23;/h6-7,14,16H,3-5,8-13,15H2,1-2H3,(H2,20,21,22);1H. The predicted octanol–water partition coefficient (Wildman–Crippen LogP) is 2.64. The van der Waals surface area contributed by atoms with Gasteiger partial charge in [0.2, 0.25) is 0 Å². The largest absolute Gasteiger partial charge is 0.469 e. The summed E-state index contributed by atoms with van der Waals surface area (Å²) in [7, 11) is 3.22. The molecular weight excluding hydrogens is 491 g/mol. The highest BCUT2D eigenvalue weighted by Crippen LogP contribution is 2.25. The van der Waals surface area contributed by atoms with Crippen LogP contribution < -0.4 is 10.6 Å². The van der Waals surface area contributed by atoms with Crippen molar-refractivity contribution in [2.45, 2.75) is 31.7 Å². The predicted molar refractivity (Wildman–Crippen MR) is 125 cm³/mol. The van der Waals surface area contributed by atoms with Gasteiger partial charge in [-0.05, 0) is 24.3 Å². The van der Waals surface area contributed by atoms with E-state index in [1.165, 1.54) is 12.0 Å². The molecule has 9 heteroatoms. The zero-order valence-electron chi connectivity index (χ0n) is 16.8. The number of unbranched alkanes of at least 4 members (excludes halogenated alkanes) is 2. The summed E-state index contributed by atoms with van der Waals surface area (Å²) in [4.78, 5) is 19.3. The molecule has 1 atom stereocenters. The van der Waals surface area contributed by atoms with Gasteiger partial charge in [0.1, 0.15) is 0 Å². The van der Waals surface area contributed by atoms with Gasteiger partial charge in [0.25, 0.3) is 0 Å². The molecule has 0 spiro atoms. The molecule has 1 aromatic heterocycles. The molecule has 1 aliphatic heterocycles. The van der Waals surface area contributed by atoms with Gasteiger partial charge in [0.15, 0.2) is 5.96 Å². The maximum atomic E-state index is 11.1. The molecule has 2 N–H and O–H groups in total. The second-order valence-corrected chi connectivity index (χ2v) is 7.43. The molecule has 0 aliphatic carbocycles. The smallest absolute Gasteiger partial charge is 0.305 e. The van der Waals surface area contributed by atoms with Gasteiger partial charge in [0, 0.05) is 44.5 Å². The molecule has 1 aromatic rings. The molecule has 1 saturated heterocycles. The lowest BCUT2D eigenvalue weighted by atomic mass is 10.2. The van der Waals surface area contributed by atoms with Gasteiger partial charge >= 0.3 is 5.97 Å². The number of rotatable bonds is 10. The van der Waals surface area contributed by atoms with Gasteiger partial charge < -0.3 is 20.1 Å². The lowest BCUT2D eigenvalue weighted by Gasteiger charge is -2.34. The molecule has 28 heavy (non-hydrogen) atoms. The number of halogens is 1. The summed E-state index contributed by atoms with van der Waals surface area (Å²) in [6.45, 7) is 5.14. The number of thiophene rings is 1. The normalized spacial score (nSPS) is 16.1. The molecule has 0 radical (unpaired) electrons. The van der Waals surface area contributed by atoms with Crippen molar-refractivity contribution in [3.63, 3.8) is 0 Å². The minimum Gasteiger partial charge on any atom is -0.469 e. The zero-order valence-corrected chi connectivity index (χ0v) is 20.0. The number of esters is 1. The van der Waals surface area contributed by atoms with Crippen molar-refractivity contribution in [2.24, 2.45) is 4.99 Å². The first-order chi connectivity index (χ1) is 13.2. The molecule has 1 unspecified atom stereocenters. The van der Waals surface area contributed by atoms with Crippen molar-refractivity contribution in [2.75, 3.05) is 53.6 Å². The van der Waals surface area contributed by atoms with Crippen molar-refractivity contribution in [3.05, 3.63) is 22.4 Å². The molecule has 0 bridgehead atoms. The number of nitrogens with one attached hydrogen (secondary N) is 2. The quantitative estimate of drug-likeness (QED) is 0.161. The van der Waals surface area contributed by atoms with Crippen LogP contribution in [-0.2, 0) is 14.3 Å². The highest BCUT2D eigenvalue weighted by molar-refractivity contribution is 14.0. The number of guanidine groups is 1. The Bertz CT molecular complexity index is 566. The van der Waals surface area contributed by atoms with Gasteiger partial charge in [-0.15, -0.1) is 35.3 Å². The summed E-state index contributed by atoms with van der Waals surface area (Å²) in [6, 6.07) is 4.63. The summed E-state index contributed by atoms with van der Waals surface area (Å²) in [5.74, 6) is 0.681. The lowest BCUT2D eigenvalue weighted by Crippen LogP contribution is -2.46. The van der Waals surface area contributed by atoms with E-state index in [0.29, 0.717) is 12.5 Å². The number of carbonyl (C=O) groups excluding carboxylic acids is 1. The molecular formula is C19H33IN4O3S. The van der Waals surface area contributed by atoms with E-state index in [4.69, 9.17) is 4.74 Å². The molecule has 1 aliphatic rings. The van der Waals surface area contributed by atoms with Crippen LogP contribution in [0.2, 0.25) is 0 Å². The number of methoxy groups -OCH3 is 1. The van der Waals surface area contributed by atoms with Gasteiger partial charge in [-0.1, -0.05) is 12.5 Å². The molecule has 1 fully saturated rings. The van der Waals surface area contributed by atoms with E-state index in [1.54, 1.807) is 18.4 Å². The third-order valence-corrected chi connectivity index (χ3v) is 5.60. The monoisotopic (exact) mass is 524 g/mol. The number of hydrogen-bond donors (Lipinski definition) is 2. The number of ether oxygens (including phenoxy) is 2. The van der Waals surface area contributed by atoms with Gasteiger partial charge in [-0.25, -0.2) is 0 Å². The highest BCUT2D eigenvalue weighted by atomic mass is 127. The van der Waals surface area contributed by atoms with Crippen molar-refractivity contribution >= 4 is 47.2 Å². The first-order valence-corrected chi connectivity index (χ1v) is 10.5. The van der Waals surface area contributed by atoms with Crippen LogP contribution in [0.1, 0.15) is 36.6 Å². The summed E-state index contributed by atoms with van der Waals surface area (Å²) < 4.78 is 10.2. The second-order valence-electron chi connectivity index (χ2n) is 6.45. The Kier molecular flexibility index (Phi) is 13.5. The second kappa shape index (κ2) is 15.0. The fourth-order valence-corrected chi connectivity index (χ4v) is 3.93. The zero-order chi connectivity index (χ0) is 19.3. The van der Waals surface area contributed by atoms with E-state index in [9.17, 15) is 4.79 Å². The van der Waals surface area contributed by atoms with E-state index >= 15 is 0 Å². The third kappa shape index (κ3) is 9.06. The Morgan fingerprint density at radius 2 is 2.11 bits per heavy atom. The molecule has 160 valence electrons. The van der Waals surface area contributed by atoms with Gasteiger partial charge in [-0.2, -0.15) is 0 Å². The van der Waals surface area contributed by atoms with Gasteiger partial charge in [-0.3, -0.25) is 14.7 Å². The summed E-state index contributed by atoms with van der Waals surface area (Å²) in [5, 5.41) is 8.95. The Balaban J connectivity index is 0.00000392. The van der Waals surface area contributed by atoms with Crippen LogP contribution in [0.5, 0.6) is 0 Å². The fraction of sp³-hybridized carbons (Fsp3) is 0.684. The average Bonchev–Trinajstić information content (AvgIpc) is 3.24. The van der Waals surface area contributed by atoms with Crippen LogP contribution in [-0.4, -0.2) is 70.4 Å². The lowest BCUT2D eigenvalue weighted by molar-refractivity contribution is -0.140. The van der Waals surface area contributed by atoms with Crippen molar-refractivity contribution in [1.82, 2.24) is 15.5 Å². The average molecular weight is 524 g/mol. The number of carbonyl (C=O) groups is 1. The van der Waals surface area contributed by atoms with E-state index in [0.717, 1.165) is 64.6 Å². The number of hydrogen-bond acceptors (Lipinski definition) is 6. The van der Waals surface area contributed by atoms with Crippen LogP contribution in [0.25, 0.3) is 0 Å².